The molecular formula is C18H23ClN2O. The summed E-state index contributed by atoms with van der Waals surface area (Å²) >= 11 is 0. The van der Waals surface area contributed by atoms with E-state index in [1.807, 2.05) is 67.3 Å². The summed E-state index contributed by atoms with van der Waals surface area (Å²) in [5.74, 6) is 0.0433. The van der Waals surface area contributed by atoms with Crippen LogP contribution in [-0.2, 0) is 6.54 Å². The van der Waals surface area contributed by atoms with Crippen LogP contribution in [-0.4, -0.2) is 23.9 Å². The summed E-state index contributed by atoms with van der Waals surface area (Å²) < 4.78 is 0. The van der Waals surface area contributed by atoms with Gasteiger partial charge in [-0.3, -0.25) is 4.79 Å². The molecule has 4 heteroatoms. The number of halogens is 1. The molecule has 0 fully saturated rings. The van der Waals surface area contributed by atoms with Crippen molar-refractivity contribution in [3.63, 3.8) is 0 Å². The lowest BCUT2D eigenvalue weighted by Crippen LogP contribution is -2.35. The maximum absolute atomic E-state index is 12.7. The van der Waals surface area contributed by atoms with Gasteiger partial charge in [0.1, 0.15) is 0 Å². The van der Waals surface area contributed by atoms with E-state index >= 15 is 0 Å². The molecule has 118 valence electrons. The van der Waals surface area contributed by atoms with Crippen molar-refractivity contribution in [2.75, 3.05) is 13.1 Å². The second-order valence-electron chi connectivity index (χ2n) is 5.32. The largest absolute Gasteiger partial charge is 0.333 e. The minimum atomic E-state index is 0. The second-order valence-corrected chi connectivity index (χ2v) is 5.32. The van der Waals surface area contributed by atoms with Crippen molar-refractivity contribution >= 4 is 18.3 Å². The first kappa shape index (κ1) is 18.2. The number of carbonyl (C=O) groups is 1. The fourth-order valence-corrected chi connectivity index (χ4v) is 2.44. The van der Waals surface area contributed by atoms with Crippen LogP contribution in [0.25, 0.3) is 0 Å². The summed E-state index contributed by atoms with van der Waals surface area (Å²) in [4.78, 5) is 14.6. The second kappa shape index (κ2) is 8.57. The van der Waals surface area contributed by atoms with Crippen molar-refractivity contribution in [2.24, 2.45) is 5.73 Å². The first-order valence-corrected chi connectivity index (χ1v) is 7.22. The highest BCUT2D eigenvalue weighted by Crippen LogP contribution is 2.15. The van der Waals surface area contributed by atoms with Gasteiger partial charge in [0.25, 0.3) is 5.91 Å². The van der Waals surface area contributed by atoms with E-state index in [-0.39, 0.29) is 18.3 Å². The lowest BCUT2D eigenvalue weighted by Gasteiger charge is -2.23. The molecule has 3 nitrogen and oxygen atoms in total. The van der Waals surface area contributed by atoms with Crippen LogP contribution in [0.1, 0.15) is 27.0 Å². The van der Waals surface area contributed by atoms with E-state index in [0.29, 0.717) is 19.6 Å². The van der Waals surface area contributed by atoms with Crippen molar-refractivity contribution in [3.8, 4) is 0 Å². The summed E-state index contributed by atoms with van der Waals surface area (Å²) in [5, 5.41) is 0. The topological polar surface area (TPSA) is 46.3 Å². The predicted octanol–water partition coefficient (Wildman–Crippen LogP) is 3.33. The van der Waals surface area contributed by atoms with E-state index in [2.05, 4.69) is 0 Å². The molecule has 2 N–H and O–H groups in total. The molecule has 2 rings (SSSR count). The third-order valence-electron chi connectivity index (χ3n) is 3.51. The van der Waals surface area contributed by atoms with Crippen molar-refractivity contribution in [1.29, 1.82) is 0 Å². The quantitative estimate of drug-likeness (QED) is 0.919. The summed E-state index contributed by atoms with van der Waals surface area (Å²) in [6.45, 7) is 5.61. The number of benzene rings is 2. The fourth-order valence-electron chi connectivity index (χ4n) is 2.44. The summed E-state index contributed by atoms with van der Waals surface area (Å²) in [6.07, 6.45) is 0. The molecule has 0 bridgehead atoms. The Bertz CT molecular complexity index is 614. The molecule has 0 saturated carbocycles. The lowest BCUT2D eigenvalue weighted by atomic mass is 10.0. The van der Waals surface area contributed by atoms with E-state index in [9.17, 15) is 4.79 Å². The Morgan fingerprint density at radius 2 is 1.77 bits per heavy atom. The molecular weight excluding hydrogens is 296 g/mol. The summed E-state index contributed by atoms with van der Waals surface area (Å²) in [6, 6.07) is 15.9. The van der Waals surface area contributed by atoms with Gasteiger partial charge in [0.15, 0.2) is 0 Å². The van der Waals surface area contributed by atoms with Gasteiger partial charge in [0.2, 0.25) is 0 Å². The molecule has 0 saturated heterocycles. The number of carbonyl (C=O) groups excluding carboxylic acids is 1. The zero-order valence-corrected chi connectivity index (χ0v) is 13.9. The monoisotopic (exact) mass is 318 g/mol. The maximum Gasteiger partial charge on any atom is 0.254 e. The highest BCUT2D eigenvalue weighted by Gasteiger charge is 2.17. The third kappa shape index (κ3) is 4.58. The third-order valence-corrected chi connectivity index (χ3v) is 3.51. The molecule has 2 aromatic carbocycles. The van der Waals surface area contributed by atoms with E-state index in [0.717, 1.165) is 22.3 Å². The van der Waals surface area contributed by atoms with Gasteiger partial charge in [-0.2, -0.15) is 0 Å². The van der Waals surface area contributed by atoms with E-state index < -0.39 is 0 Å². The first-order chi connectivity index (χ1) is 10.1. The van der Waals surface area contributed by atoms with Gasteiger partial charge >= 0.3 is 0 Å². The standard InChI is InChI=1S/C18H22N2O.ClH/c1-14-8-9-17(15(2)12-14)18(21)20(11-10-19)13-16-6-4-3-5-7-16;/h3-9,12H,10-11,13,19H2,1-2H3;1H. The molecule has 0 atom stereocenters. The molecule has 0 unspecified atom stereocenters. The number of rotatable bonds is 5. The number of aryl methyl sites for hydroxylation is 2. The molecule has 0 aliphatic heterocycles. The molecule has 0 heterocycles. The van der Waals surface area contributed by atoms with Crippen molar-refractivity contribution in [3.05, 3.63) is 70.8 Å². The highest BCUT2D eigenvalue weighted by molar-refractivity contribution is 5.95. The Morgan fingerprint density at radius 1 is 1.09 bits per heavy atom. The molecule has 22 heavy (non-hydrogen) atoms. The Kier molecular flexibility index (Phi) is 7.09. The maximum atomic E-state index is 12.7. The predicted molar refractivity (Wildman–Crippen MR) is 93.4 cm³/mol. The van der Waals surface area contributed by atoms with Gasteiger partial charge in [0.05, 0.1) is 0 Å². The number of hydrogen-bond acceptors (Lipinski definition) is 2. The van der Waals surface area contributed by atoms with Crippen LogP contribution in [0.4, 0.5) is 0 Å². The van der Waals surface area contributed by atoms with E-state index in [1.54, 1.807) is 0 Å². The van der Waals surface area contributed by atoms with Gasteiger partial charge < -0.3 is 10.6 Å². The fraction of sp³-hybridized carbons (Fsp3) is 0.278. The molecule has 0 aliphatic rings. The first-order valence-electron chi connectivity index (χ1n) is 7.22. The Morgan fingerprint density at radius 3 is 2.36 bits per heavy atom. The smallest absolute Gasteiger partial charge is 0.254 e. The number of amides is 1. The van der Waals surface area contributed by atoms with Crippen LogP contribution < -0.4 is 5.73 Å². The normalized spacial score (nSPS) is 9.95. The van der Waals surface area contributed by atoms with E-state index in [4.69, 9.17) is 5.73 Å². The van der Waals surface area contributed by atoms with Gasteiger partial charge in [-0.05, 0) is 31.0 Å². The zero-order chi connectivity index (χ0) is 15.2. The molecule has 0 aromatic heterocycles. The van der Waals surface area contributed by atoms with Crippen LogP contribution in [0.5, 0.6) is 0 Å². The van der Waals surface area contributed by atoms with Crippen molar-refractivity contribution in [2.45, 2.75) is 20.4 Å². The summed E-state index contributed by atoms with van der Waals surface area (Å²) in [5.41, 5.74) is 9.71. The van der Waals surface area contributed by atoms with Gasteiger partial charge in [-0.15, -0.1) is 12.4 Å². The van der Waals surface area contributed by atoms with Gasteiger partial charge in [-0.25, -0.2) is 0 Å². The van der Waals surface area contributed by atoms with Crippen molar-refractivity contribution < 1.29 is 4.79 Å². The van der Waals surface area contributed by atoms with E-state index in [1.165, 1.54) is 0 Å². The molecule has 0 aliphatic carbocycles. The molecule has 0 radical (unpaired) electrons. The zero-order valence-electron chi connectivity index (χ0n) is 13.1. The molecule has 0 spiro atoms. The lowest BCUT2D eigenvalue weighted by molar-refractivity contribution is 0.0747. The average molecular weight is 319 g/mol. The number of nitrogens with two attached hydrogens (primary N) is 1. The van der Waals surface area contributed by atoms with Crippen LogP contribution >= 0.6 is 12.4 Å². The Labute approximate surface area is 138 Å². The number of hydrogen-bond donors (Lipinski definition) is 1. The Hall–Kier alpha value is -1.84. The van der Waals surface area contributed by atoms with Gasteiger partial charge in [0, 0.05) is 25.2 Å². The average Bonchev–Trinajstić information content (AvgIpc) is 2.47. The van der Waals surface area contributed by atoms with Crippen molar-refractivity contribution in [1.82, 2.24) is 4.90 Å². The molecule has 2 aromatic rings. The molecule has 1 amide bonds. The van der Waals surface area contributed by atoms with Crippen LogP contribution in [0.15, 0.2) is 48.5 Å². The van der Waals surface area contributed by atoms with Crippen LogP contribution in [0.2, 0.25) is 0 Å². The minimum absolute atomic E-state index is 0. The Balaban J connectivity index is 0.00000242. The minimum Gasteiger partial charge on any atom is -0.333 e. The highest BCUT2D eigenvalue weighted by atomic mass is 35.5. The van der Waals surface area contributed by atoms with Gasteiger partial charge in [-0.1, -0.05) is 48.0 Å². The summed E-state index contributed by atoms with van der Waals surface area (Å²) in [7, 11) is 0. The number of nitrogens with zero attached hydrogens (tertiary/aromatic N) is 1. The van der Waals surface area contributed by atoms with Crippen LogP contribution in [0.3, 0.4) is 0 Å². The van der Waals surface area contributed by atoms with Crippen LogP contribution in [0, 0.1) is 13.8 Å². The SMILES string of the molecule is Cc1ccc(C(=O)N(CCN)Cc2ccccc2)c(C)c1.Cl.